The SMILES string of the molecule is CCC(C)CC(=O)N(CCO)C(C)C. The second-order valence-corrected chi connectivity index (χ2v) is 4.12. The molecule has 3 heteroatoms. The molecule has 1 N–H and O–H groups in total. The summed E-state index contributed by atoms with van der Waals surface area (Å²) in [5.74, 6) is 0.589. The van der Waals surface area contributed by atoms with Gasteiger partial charge in [0.15, 0.2) is 0 Å². The Morgan fingerprint density at radius 2 is 1.93 bits per heavy atom. The van der Waals surface area contributed by atoms with E-state index < -0.39 is 0 Å². The first-order valence-electron chi connectivity index (χ1n) is 5.43. The van der Waals surface area contributed by atoms with Crippen molar-refractivity contribution in [1.29, 1.82) is 0 Å². The van der Waals surface area contributed by atoms with Crippen LogP contribution >= 0.6 is 0 Å². The number of aliphatic hydroxyl groups excluding tert-OH is 1. The minimum Gasteiger partial charge on any atom is -0.395 e. The van der Waals surface area contributed by atoms with E-state index in [1.807, 2.05) is 13.8 Å². The number of rotatable bonds is 6. The highest BCUT2D eigenvalue weighted by Gasteiger charge is 2.17. The van der Waals surface area contributed by atoms with Gasteiger partial charge in [0.1, 0.15) is 0 Å². The van der Waals surface area contributed by atoms with Gasteiger partial charge in [0.05, 0.1) is 6.61 Å². The summed E-state index contributed by atoms with van der Waals surface area (Å²) in [6, 6.07) is 0.179. The summed E-state index contributed by atoms with van der Waals surface area (Å²) in [5.41, 5.74) is 0. The first kappa shape index (κ1) is 13.4. The van der Waals surface area contributed by atoms with Crippen LogP contribution in [0.5, 0.6) is 0 Å². The molecule has 1 unspecified atom stereocenters. The molecule has 0 aliphatic heterocycles. The van der Waals surface area contributed by atoms with Gasteiger partial charge >= 0.3 is 0 Å². The van der Waals surface area contributed by atoms with E-state index in [0.29, 0.717) is 18.9 Å². The van der Waals surface area contributed by atoms with Gasteiger partial charge in [-0.1, -0.05) is 20.3 Å². The van der Waals surface area contributed by atoms with E-state index in [1.165, 1.54) is 0 Å². The zero-order valence-electron chi connectivity index (χ0n) is 9.79. The van der Waals surface area contributed by atoms with E-state index in [9.17, 15) is 4.79 Å². The van der Waals surface area contributed by atoms with Gasteiger partial charge in [-0.2, -0.15) is 0 Å². The Labute approximate surface area is 87.1 Å². The Morgan fingerprint density at radius 3 is 2.29 bits per heavy atom. The zero-order valence-corrected chi connectivity index (χ0v) is 9.79. The highest BCUT2D eigenvalue weighted by molar-refractivity contribution is 5.76. The van der Waals surface area contributed by atoms with Crippen LogP contribution in [0.4, 0.5) is 0 Å². The van der Waals surface area contributed by atoms with Gasteiger partial charge in [-0.15, -0.1) is 0 Å². The summed E-state index contributed by atoms with van der Waals surface area (Å²) in [5, 5.41) is 8.83. The average Bonchev–Trinajstić information content (AvgIpc) is 2.13. The number of hydrogen-bond donors (Lipinski definition) is 1. The molecule has 1 amide bonds. The van der Waals surface area contributed by atoms with E-state index in [4.69, 9.17) is 5.11 Å². The molecule has 0 rings (SSSR count). The second-order valence-electron chi connectivity index (χ2n) is 4.12. The fourth-order valence-electron chi connectivity index (χ4n) is 1.34. The Hall–Kier alpha value is -0.570. The normalized spacial score (nSPS) is 13.0. The molecule has 0 aromatic heterocycles. The minimum absolute atomic E-state index is 0.0461. The summed E-state index contributed by atoms with van der Waals surface area (Å²) in [6.45, 7) is 8.62. The van der Waals surface area contributed by atoms with Crippen LogP contribution in [0.2, 0.25) is 0 Å². The van der Waals surface area contributed by atoms with Crippen molar-refractivity contribution in [2.75, 3.05) is 13.2 Å². The lowest BCUT2D eigenvalue weighted by Gasteiger charge is -2.27. The molecule has 0 saturated carbocycles. The minimum atomic E-state index is 0.0461. The van der Waals surface area contributed by atoms with Crippen LogP contribution in [0.3, 0.4) is 0 Å². The van der Waals surface area contributed by atoms with Crippen molar-refractivity contribution in [1.82, 2.24) is 4.90 Å². The van der Waals surface area contributed by atoms with E-state index in [1.54, 1.807) is 4.90 Å². The van der Waals surface area contributed by atoms with Crippen molar-refractivity contribution in [2.24, 2.45) is 5.92 Å². The predicted octanol–water partition coefficient (Wildman–Crippen LogP) is 1.65. The maximum absolute atomic E-state index is 11.8. The maximum atomic E-state index is 11.8. The number of hydrogen-bond acceptors (Lipinski definition) is 2. The van der Waals surface area contributed by atoms with E-state index in [0.717, 1.165) is 6.42 Å². The average molecular weight is 201 g/mol. The Balaban J connectivity index is 4.15. The summed E-state index contributed by atoms with van der Waals surface area (Å²) in [7, 11) is 0. The zero-order chi connectivity index (χ0) is 11.1. The maximum Gasteiger partial charge on any atom is 0.223 e. The summed E-state index contributed by atoms with van der Waals surface area (Å²) < 4.78 is 0. The smallest absolute Gasteiger partial charge is 0.223 e. The van der Waals surface area contributed by atoms with Crippen molar-refractivity contribution in [3.8, 4) is 0 Å². The standard InChI is InChI=1S/C11H23NO2/c1-5-10(4)8-11(14)12(6-7-13)9(2)3/h9-10,13H,5-8H2,1-4H3. The largest absolute Gasteiger partial charge is 0.395 e. The van der Waals surface area contributed by atoms with Crippen LogP contribution < -0.4 is 0 Å². The van der Waals surface area contributed by atoms with Gasteiger partial charge in [-0.3, -0.25) is 4.79 Å². The Bertz CT molecular complexity index is 169. The molecule has 14 heavy (non-hydrogen) atoms. The highest BCUT2D eigenvalue weighted by atomic mass is 16.3. The first-order valence-corrected chi connectivity index (χ1v) is 5.43. The van der Waals surface area contributed by atoms with E-state index in [2.05, 4.69) is 13.8 Å². The molecule has 0 aliphatic rings. The fraction of sp³-hybridized carbons (Fsp3) is 0.909. The van der Waals surface area contributed by atoms with Gasteiger partial charge < -0.3 is 10.0 Å². The lowest BCUT2D eigenvalue weighted by atomic mass is 10.0. The molecular weight excluding hydrogens is 178 g/mol. The lowest BCUT2D eigenvalue weighted by Crippen LogP contribution is -2.39. The number of amides is 1. The molecular formula is C11H23NO2. The molecule has 1 atom stereocenters. The molecule has 0 radical (unpaired) electrons. The molecule has 0 bridgehead atoms. The number of nitrogens with zero attached hydrogens (tertiary/aromatic N) is 1. The third-order valence-corrected chi connectivity index (χ3v) is 2.50. The van der Waals surface area contributed by atoms with Crippen LogP contribution in [0.1, 0.15) is 40.5 Å². The van der Waals surface area contributed by atoms with Crippen LogP contribution in [-0.4, -0.2) is 35.1 Å². The quantitative estimate of drug-likeness (QED) is 0.710. The molecule has 0 heterocycles. The van der Waals surface area contributed by atoms with E-state index in [-0.39, 0.29) is 18.6 Å². The van der Waals surface area contributed by atoms with Crippen molar-refractivity contribution < 1.29 is 9.90 Å². The monoisotopic (exact) mass is 201 g/mol. The number of aliphatic hydroxyl groups is 1. The van der Waals surface area contributed by atoms with Crippen molar-refractivity contribution in [3.05, 3.63) is 0 Å². The molecule has 0 aromatic rings. The van der Waals surface area contributed by atoms with Crippen LogP contribution in [0, 0.1) is 5.92 Å². The highest BCUT2D eigenvalue weighted by Crippen LogP contribution is 2.10. The molecule has 84 valence electrons. The van der Waals surface area contributed by atoms with Crippen molar-refractivity contribution in [2.45, 2.75) is 46.6 Å². The van der Waals surface area contributed by atoms with E-state index >= 15 is 0 Å². The van der Waals surface area contributed by atoms with Crippen molar-refractivity contribution in [3.63, 3.8) is 0 Å². The molecule has 0 fully saturated rings. The molecule has 0 spiro atoms. The predicted molar refractivity (Wildman–Crippen MR) is 58.0 cm³/mol. The molecule has 0 aliphatic carbocycles. The molecule has 0 saturated heterocycles. The van der Waals surface area contributed by atoms with Crippen molar-refractivity contribution >= 4 is 5.91 Å². The van der Waals surface area contributed by atoms with Crippen LogP contribution in [0.25, 0.3) is 0 Å². The number of carbonyl (C=O) groups is 1. The fourth-order valence-corrected chi connectivity index (χ4v) is 1.34. The summed E-state index contributed by atoms with van der Waals surface area (Å²) >= 11 is 0. The van der Waals surface area contributed by atoms with Crippen LogP contribution in [0.15, 0.2) is 0 Å². The first-order chi connectivity index (χ1) is 6.52. The number of carbonyl (C=O) groups excluding carboxylic acids is 1. The Morgan fingerprint density at radius 1 is 1.36 bits per heavy atom. The topological polar surface area (TPSA) is 40.5 Å². The third-order valence-electron chi connectivity index (χ3n) is 2.50. The third kappa shape index (κ3) is 4.61. The molecule has 0 aromatic carbocycles. The van der Waals surface area contributed by atoms with Gasteiger partial charge in [0.25, 0.3) is 0 Å². The van der Waals surface area contributed by atoms with Gasteiger partial charge in [-0.05, 0) is 19.8 Å². The van der Waals surface area contributed by atoms with Gasteiger partial charge in [-0.25, -0.2) is 0 Å². The van der Waals surface area contributed by atoms with Gasteiger partial charge in [0.2, 0.25) is 5.91 Å². The summed E-state index contributed by atoms with van der Waals surface area (Å²) in [4.78, 5) is 13.5. The molecule has 3 nitrogen and oxygen atoms in total. The lowest BCUT2D eigenvalue weighted by molar-refractivity contribution is -0.134. The second kappa shape index (κ2) is 6.82. The Kier molecular flexibility index (Phi) is 6.54. The van der Waals surface area contributed by atoms with Crippen LogP contribution in [-0.2, 0) is 4.79 Å². The summed E-state index contributed by atoms with van der Waals surface area (Å²) in [6.07, 6.45) is 1.62. The van der Waals surface area contributed by atoms with Gasteiger partial charge in [0, 0.05) is 19.0 Å².